The molecule has 0 unspecified atom stereocenters. The van der Waals surface area contributed by atoms with Crippen molar-refractivity contribution in [1.82, 2.24) is 0 Å². The van der Waals surface area contributed by atoms with E-state index < -0.39 is 10.9 Å². The Labute approximate surface area is 152 Å². The number of ether oxygens (including phenoxy) is 1. The number of benzene rings is 2. The van der Waals surface area contributed by atoms with E-state index in [2.05, 4.69) is 0 Å². The van der Waals surface area contributed by atoms with Crippen molar-refractivity contribution in [2.24, 2.45) is 0 Å². The van der Waals surface area contributed by atoms with E-state index in [-0.39, 0.29) is 39.8 Å². The van der Waals surface area contributed by atoms with Crippen LogP contribution in [0.3, 0.4) is 0 Å². The molecule has 0 saturated heterocycles. The maximum absolute atomic E-state index is 11.8. The van der Waals surface area contributed by atoms with Crippen LogP contribution < -0.4 is 4.74 Å². The number of hydrogen-bond donors (Lipinski definition) is 1. The van der Waals surface area contributed by atoms with Crippen LogP contribution in [0, 0.1) is 10.1 Å². The molecule has 2 aromatic carbocycles. The van der Waals surface area contributed by atoms with Gasteiger partial charge in [0.05, 0.1) is 17.1 Å². The molecule has 0 spiro atoms. The molecule has 0 bridgehead atoms. The largest absolute Gasteiger partial charge is 0.484 e. The minimum absolute atomic E-state index is 0.0107. The van der Waals surface area contributed by atoms with Gasteiger partial charge in [-0.25, -0.2) is 4.79 Å². The van der Waals surface area contributed by atoms with Crippen molar-refractivity contribution >= 4 is 34.2 Å². The van der Waals surface area contributed by atoms with Crippen LogP contribution in [-0.4, -0.2) is 22.1 Å². The molecule has 0 aliphatic rings. The molecule has 7 nitrogen and oxygen atoms in total. The Morgan fingerprint density at radius 1 is 1.27 bits per heavy atom. The zero-order chi connectivity index (χ0) is 19.0. The van der Waals surface area contributed by atoms with Crippen molar-refractivity contribution in [3.05, 3.63) is 57.1 Å². The Bertz CT molecular complexity index is 1010. The van der Waals surface area contributed by atoms with Crippen molar-refractivity contribution in [2.75, 3.05) is 0 Å². The number of furan rings is 1. The topological polar surface area (TPSA) is 103 Å². The number of halogens is 1. The SMILES string of the molecule is CC(C)Oc1cc2c(C(=O)O)c(-c3ccc(Cl)cc3)oc2cc1[N+](=O)[O-]. The van der Waals surface area contributed by atoms with E-state index in [1.165, 1.54) is 12.1 Å². The molecule has 0 saturated carbocycles. The fourth-order valence-electron chi connectivity index (χ4n) is 2.62. The van der Waals surface area contributed by atoms with Gasteiger partial charge in [-0.2, -0.15) is 0 Å². The summed E-state index contributed by atoms with van der Waals surface area (Å²) in [5.41, 5.74) is 0.206. The van der Waals surface area contributed by atoms with E-state index in [9.17, 15) is 20.0 Å². The van der Waals surface area contributed by atoms with Crippen LogP contribution in [0.25, 0.3) is 22.3 Å². The summed E-state index contributed by atoms with van der Waals surface area (Å²) in [4.78, 5) is 22.6. The fourth-order valence-corrected chi connectivity index (χ4v) is 2.75. The predicted octanol–water partition coefficient (Wildman–Crippen LogP) is 5.15. The summed E-state index contributed by atoms with van der Waals surface area (Å²) in [5, 5.41) is 21.7. The van der Waals surface area contributed by atoms with Crippen molar-refractivity contribution in [3.63, 3.8) is 0 Å². The van der Waals surface area contributed by atoms with Crippen molar-refractivity contribution in [3.8, 4) is 17.1 Å². The van der Waals surface area contributed by atoms with E-state index in [4.69, 9.17) is 20.8 Å². The van der Waals surface area contributed by atoms with Crippen LogP contribution >= 0.6 is 11.6 Å². The van der Waals surface area contributed by atoms with Crippen molar-refractivity contribution in [1.29, 1.82) is 0 Å². The second-order valence-corrected chi connectivity index (χ2v) is 6.29. The molecule has 0 radical (unpaired) electrons. The average Bonchev–Trinajstić information content (AvgIpc) is 2.92. The molecule has 0 fully saturated rings. The van der Waals surface area contributed by atoms with Gasteiger partial charge < -0.3 is 14.3 Å². The molecule has 0 aliphatic heterocycles. The monoisotopic (exact) mass is 375 g/mol. The van der Waals surface area contributed by atoms with Crippen LogP contribution in [0.1, 0.15) is 24.2 Å². The molecular weight excluding hydrogens is 362 g/mol. The zero-order valence-corrected chi connectivity index (χ0v) is 14.6. The molecule has 0 aliphatic carbocycles. The van der Waals surface area contributed by atoms with Crippen LogP contribution in [0.5, 0.6) is 5.75 Å². The lowest BCUT2D eigenvalue weighted by atomic mass is 10.1. The van der Waals surface area contributed by atoms with Crippen LogP contribution in [0.15, 0.2) is 40.8 Å². The smallest absolute Gasteiger partial charge is 0.340 e. The maximum atomic E-state index is 11.8. The summed E-state index contributed by atoms with van der Waals surface area (Å²) >= 11 is 5.87. The number of hydrogen-bond acceptors (Lipinski definition) is 5. The number of nitro groups is 1. The summed E-state index contributed by atoms with van der Waals surface area (Å²) in [7, 11) is 0. The molecule has 134 valence electrons. The summed E-state index contributed by atoms with van der Waals surface area (Å²) < 4.78 is 11.1. The number of aromatic carboxylic acids is 1. The van der Waals surface area contributed by atoms with Gasteiger partial charge in [-0.05, 0) is 44.2 Å². The fraction of sp³-hybridized carbons (Fsp3) is 0.167. The minimum atomic E-state index is -1.21. The first-order chi connectivity index (χ1) is 12.3. The summed E-state index contributed by atoms with van der Waals surface area (Å²) in [6.45, 7) is 3.45. The molecule has 8 heteroatoms. The first-order valence-electron chi connectivity index (χ1n) is 7.68. The first-order valence-corrected chi connectivity index (χ1v) is 8.06. The summed E-state index contributed by atoms with van der Waals surface area (Å²) in [5.74, 6) is -1.12. The second kappa shape index (κ2) is 6.68. The third-order valence-electron chi connectivity index (χ3n) is 3.65. The Balaban J connectivity index is 2.30. The van der Waals surface area contributed by atoms with Gasteiger partial charge in [0.1, 0.15) is 16.9 Å². The highest BCUT2D eigenvalue weighted by Crippen LogP contribution is 2.40. The Morgan fingerprint density at radius 3 is 2.46 bits per heavy atom. The van der Waals surface area contributed by atoms with Gasteiger partial charge >= 0.3 is 11.7 Å². The number of fused-ring (bicyclic) bond motifs is 1. The normalized spacial score (nSPS) is 11.1. The van der Waals surface area contributed by atoms with Crippen molar-refractivity contribution in [2.45, 2.75) is 20.0 Å². The molecule has 0 atom stereocenters. The highest BCUT2D eigenvalue weighted by Gasteiger charge is 2.27. The van der Waals surface area contributed by atoms with Crippen LogP contribution in [0.4, 0.5) is 5.69 Å². The molecule has 1 aromatic heterocycles. The van der Waals surface area contributed by atoms with Gasteiger partial charge in [0.2, 0.25) is 0 Å². The highest BCUT2D eigenvalue weighted by molar-refractivity contribution is 6.30. The molecule has 3 rings (SSSR count). The van der Waals surface area contributed by atoms with Gasteiger partial charge in [0.25, 0.3) is 0 Å². The molecular formula is C18H14ClNO6. The molecule has 3 aromatic rings. The minimum Gasteiger partial charge on any atom is -0.484 e. The van der Waals surface area contributed by atoms with Gasteiger partial charge in [0, 0.05) is 16.0 Å². The second-order valence-electron chi connectivity index (χ2n) is 5.86. The lowest BCUT2D eigenvalue weighted by Gasteiger charge is -2.09. The average molecular weight is 376 g/mol. The standard InChI is InChI=1S/C18H14ClNO6/c1-9(2)25-15-7-12-14(8-13(15)20(23)24)26-17(16(12)18(21)22)10-3-5-11(19)6-4-10/h3-9H,1-2H3,(H,21,22). The number of nitrogens with zero attached hydrogens (tertiary/aromatic N) is 1. The number of carbonyl (C=O) groups is 1. The van der Waals surface area contributed by atoms with E-state index in [0.29, 0.717) is 10.6 Å². The molecule has 0 amide bonds. The quantitative estimate of drug-likeness (QED) is 0.488. The summed E-state index contributed by atoms with van der Waals surface area (Å²) in [6, 6.07) is 8.95. The third kappa shape index (κ3) is 3.21. The zero-order valence-electron chi connectivity index (χ0n) is 13.9. The van der Waals surface area contributed by atoms with Crippen LogP contribution in [0.2, 0.25) is 5.02 Å². The predicted molar refractivity (Wildman–Crippen MR) is 96.0 cm³/mol. The van der Waals surface area contributed by atoms with Crippen molar-refractivity contribution < 1.29 is 24.0 Å². The first kappa shape index (κ1) is 17.8. The number of nitro benzene ring substituents is 1. The van der Waals surface area contributed by atoms with Crippen LogP contribution in [-0.2, 0) is 0 Å². The lowest BCUT2D eigenvalue weighted by molar-refractivity contribution is -0.385. The lowest BCUT2D eigenvalue weighted by Crippen LogP contribution is -2.07. The van der Waals surface area contributed by atoms with Gasteiger partial charge in [0.15, 0.2) is 5.75 Å². The van der Waals surface area contributed by atoms with E-state index in [1.54, 1.807) is 38.1 Å². The summed E-state index contributed by atoms with van der Waals surface area (Å²) in [6.07, 6.45) is -0.318. The molecule has 26 heavy (non-hydrogen) atoms. The van der Waals surface area contributed by atoms with E-state index in [1.807, 2.05) is 0 Å². The number of carboxylic acid groups (broad SMARTS) is 1. The van der Waals surface area contributed by atoms with Gasteiger partial charge in [-0.3, -0.25) is 10.1 Å². The van der Waals surface area contributed by atoms with Gasteiger partial charge in [-0.1, -0.05) is 11.6 Å². The molecule has 1 heterocycles. The number of carboxylic acids is 1. The van der Waals surface area contributed by atoms with Gasteiger partial charge in [-0.15, -0.1) is 0 Å². The highest BCUT2D eigenvalue weighted by atomic mass is 35.5. The Morgan fingerprint density at radius 2 is 1.92 bits per heavy atom. The molecule has 1 N–H and O–H groups in total. The number of rotatable bonds is 5. The van der Waals surface area contributed by atoms with E-state index >= 15 is 0 Å². The van der Waals surface area contributed by atoms with E-state index in [0.717, 1.165) is 0 Å². The Kier molecular flexibility index (Phi) is 4.56. The third-order valence-corrected chi connectivity index (χ3v) is 3.90. The Hall–Kier alpha value is -3.06. The maximum Gasteiger partial charge on any atom is 0.340 e.